The summed E-state index contributed by atoms with van der Waals surface area (Å²) in [5.74, 6) is 0.147. The normalized spacial score (nSPS) is 19.1. The monoisotopic (exact) mass is 263 g/mol. The summed E-state index contributed by atoms with van der Waals surface area (Å²) in [6.07, 6.45) is 1.96. The van der Waals surface area contributed by atoms with Crippen molar-refractivity contribution in [1.29, 1.82) is 0 Å². The number of carbonyl (C=O) groups is 1. The Hall–Kier alpha value is -1.55. The Balaban J connectivity index is 1.83. The van der Waals surface area contributed by atoms with Crippen LogP contribution in [0.25, 0.3) is 0 Å². The van der Waals surface area contributed by atoms with Crippen LogP contribution in [0.4, 0.5) is 0 Å². The van der Waals surface area contributed by atoms with E-state index in [4.69, 9.17) is 9.84 Å². The van der Waals surface area contributed by atoms with E-state index in [-0.39, 0.29) is 6.10 Å². The van der Waals surface area contributed by atoms with Crippen LogP contribution in [0.15, 0.2) is 24.3 Å². The molecule has 0 radical (unpaired) electrons. The SMILES string of the molecule is Cc1ccc(OC2CCN([C@@H](C)C(=O)O)CC2)cc1. The third kappa shape index (κ3) is 3.70. The molecule has 1 aromatic rings. The molecule has 1 fully saturated rings. The first-order valence-electron chi connectivity index (χ1n) is 6.76. The molecule has 0 unspecified atom stereocenters. The fourth-order valence-corrected chi connectivity index (χ4v) is 2.35. The first-order valence-corrected chi connectivity index (χ1v) is 6.76. The fraction of sp³-hybridized carbons (Fsp3) is 0.533. The molecule has 1 saturated heterocycles. The van der Waals surface area contributed by atoms with Gasteiger partial charge in [0.05, 0.1) is 0 Å². The Morgan fingerprint density at radius 3 is 2.42 bits per heavy atom. The van der Waals surface area contributed by atoms with Crippen LogP contribution in [-0.2, 0) is 4.79 Å². The van der Waals surface area contributed by atoms with Crippen molar-refractivity contribution >= 4 is 5.97 Å². The molecule has 104 valence electrons. The van der Waals surface area contributed by atoms with E-state index in [1.807, 2.05) is 29.2 Å². The van der Waals surface area contributed by atoms with Gasteiger partial charge in [-0.05, 0) is 38.8 Å². The number of likely N-dealkylation sites (tertiary alicyclic amines) is 1. The molecule has 1 aliphatic heterocycles. The smallest absolute Gasteiger partial charge is 0.320 e. The lowest BCUT2D eigenvalue weighted by Crippen LogP contribution is -2.46. The number of hydrogen-bond donors (Lipinski definition) is 1. The zero-order valence-corrected chi connectivity index (χ0v) is 11.5. The van der Waals surface area contributed by atoms with E-state index in [1.165, 1.54) is 5.56 Å². The van der Waals surface area contributed by atoms with Gasteiger partial charge in [-0.1, -0.05) is 17.7 Å². The minimum atomic E-state index is -0.752. The van der Waals surface area contributed by atoms with E-state index in [1.54, 1.807) is 6.92 Å². The van der Waals surface area contributed by atoms with Gasteiger partial charge in [0.25, 0.3) is 0 Å². The third-order valence-electron chi connectivity index (χ3n) is 3.71. The van der Waals surface area contributed by atoms with Gasteiger partial charge in [-0.2, -0.15) is 0 Å². The van der Waals surface area contributed by atoms with Crippen molar-refractivity contribution in [3.05, 3.63) is 29.8 Å². The van der Waals surface area contributed by atoms with Gasteiger partial charge in [-0.15, -0.1) is 0 Å². The first kappa shape index (κ1) is 13.9. The topological polar surface area (TPSA) is 49.8 Å². The summed E-state index contributed by atoms with van der Waals surface area (Å²) in [6.45, 7) is 5.35. The highest BCUT2D eigenvalue weighted by Crippen LogP contribution is 2.20. The van der Waals surface area contributed by atoms with Gasteiger partial charge in [0.1, 0.15) is 17.9 Å². The van der Waals surface area contributed by atoms with Gasteiger partial charge >= 0.3 is 5.97 Å². The molecule has 1 atom stereocenters. The van der Waals surface area contributed by atoms with Crippen molar-refractivity contribution in [2.75, 3.05) is 13.1 Å². The van der Waals surface area contributed by atoms with Gasteiger partial charge in [0.15, 0.2) is 0 Å². The number of nitrogens with zero attached hydrogens (tertiary/aromatic N) is 1. The lowest BCUT2D eigenvalue weighted by Gasteiger charge is -2.34. The molecule has 0 bridgehead atoms. The van der Waals surface area contributed by atoms with Crippen molar-refractivity contribution in [2.24, 2.45) is 0 Å². The van der Waals surface area contributed by atoms with Crippen LogP contribution < -0.4 is 4.74 Å². The van der Waals surface area contributed by atoms with Crippen molar-refractivity contribution in [1.82, 2.24) is 4.90 Å². The molecular formula is C15H21NO3. The third-order valence-corrected chi connectivity index (χ3v) is 3.71. The molecule has 0 aromatic heterocycles. The lowest BCUT2D eigenvalue weighted by molar-refractivity contribution is -0.143. The van der Waals surface area contributed by atoms with Crippen LogP contribution in [0, 0.1) is 6.92 Å². The standard InChI is InChI=1S/C15H21NO3/c1-11-3-5-13(6-4-11)19-14-7-9-16(10-8-14)12(2)15(17)18/h3-6,12,14H,7-10H2,1-2H3,(H,17,18)/t12-/m0/s1. The Morgan fingerprint density at radius 1 is 1.32 bits per heavy atom. The molecule has 0 spiro atoms. The predicted octanol–water partition coefficient (Wildman–Crippen LogP) is 2.31. The number of carboxylic acids is 1. The maximum Gasteiger partial charge on any atom is 0.320 e. The molecule has 1 N–H and O–H groups in total. The number of hydrogen-bond acceptors (Lipinski definition) is 3. The number of ether oxygens (including phenoxy) is 1. The number of carboxylic acid groups (broad SMARTS) is 1. The maximum absolute atomic E-state index is 10.9. The summed E-state index contributed by atoms with van der Waals surface area (Å²) < 4.78 is 5.92. The largest absolute Gasteiger partial charge is 0.490 e. The van der Waals surface area contributed by atoms with E-state index in [9.17, 15) is 4.79 Å². The molecule has 4 heteroatoms. The number of benzene rings is 1. The first-order chi connectivity index (χ1) is 9.06. The Labute approximate surface area is 114 Å². The minimum Gasteiger partial charge on any atom is -0.490 e. The quantitative estimate of drug-likeness (QED) is 0.905. The summed E-state index contributed by atoms with van der Waals surface area (Å²) in [5.41, 5.74) is 1.22. The lowest BCUT2D eigenvalue weighted by atomic mass is 10.1. The Morgan fingerprint density at radius 2 is 1.89 bits per heavy atom. The van der Waals surface area contributed by atoms with Crippen molar-refractivity contribution in [3.63, 3.8) is 0 Å². The molecule has 0 amide bonds. The van der Waals surface area contributed by atoms with Gasteiger partial charge in [0.2, 0.25) is 0 Å². The Bertz CT molecular complexity index is 422. The molecule has 19 heavy (non-hydrogen) atoms. The van der Waals surface area contributed by atoms with E-state index in [0.717, 1.165) is 31.7 Å². The number of rotatable bonds is 4. The number of piperidine rings is 1. The number of aryl methyl sites for hydroxylation is 1. The highest BCUT2D eigenvalue weighted by Gasteiger charge is 2.26. The Kier molecular flexibility index (Phi) is 4.43. The summed E-state index contributed by atoms with van der Waals surface area (Å²) >= 11 is 0. The van der Waals surface area contributed by atoms with Crippen LogP contribution in [0.5, 0.6) is 5.75 Å². The van der Waals surface area contributed by atoms with Crippen molar-refractivity contribution in [3.8, 4) is 5.75 Å². The van der Waals surface area contributed by atoms with Crippen LogP contribution >= 0.6 is 0 Å². The molecule has 1 aromatic carbocycles. The maximum atomic E-state index is 10.9. The average molecular weight is 263 g/mol. The van der Waals surface area contributed by atoms with Gasteiger partial charge < -0.3 is 9.84 Å². The molecule has 1 heterocycles. The zero-order valence-electron chi connectivity index (χ0n) is 11.5. The predicted molar refractivity (Wildman–Crippen MR) is 73.5 cm³/mol. The van der Waals surface area contributed by atoms with Crippen LogP contribution in [-0.4, -0.2) is 41.2 Å². The van der Waals surface area contributed by atoms with E-state index >= 15 is 0 Å². The average Bonchev–Trinajstić information content (AvgIpc) is 2.41. The highest BCUT2D eigenvalue weighted by atomic mass is 16.5. The molecule has 1 aliphatic rings. The van der Waals surface area contributed by atoms with Gasteiger partial charge in [-0.25, -0.2) is 0 Å². The summed E-state index contributed by atoms with van der Waals surface area (Å²) in [7, 11) is 0. The molecule has 0 saturated carbocycles. The van der Waals surface area contributed by atoms with E-state index in [0.29, 0.717) is 0 Å². The zero-order chi connectivity index (χ0) is 13.8. The molecule has 0 aliphatic carbocycles. The second-order valence-corrected chi connectivity index (χ2v) is 5.18. The highest BCUT2D eigenvalue weighted by molar-refractivity contribution is 5.72. The summed E-state index contributed by atoms with van der Waals surface area (Å²) in [5, 5.41) is 8.99. The van der Waals surface area contributed by atoms with Gasteiger partial charge in [0, 0.05) is 13.1 Å². The molecule has 2 rings (SSSR count). The fourth-order valence-electron chi connectivity index (χ4n) is 2.35. The molecule has 4 nitrogen and oxygen atoms in total. The summed E-state index contributed by atoms with van der Waals surface area (Å²) in [6, 6.07) is 7.65. The second-order valence-electron chi connectivity index (χ2n) is 5.18. The second kappa shape index (κ2) is 6.06. The van der Waals surface area contributed by atoms with Crippen LogP contribution in [0.1, 0.15) is 25.3 Å². The summed E-state index contributed by atoms with van der Waals surface area (Å²) in [4.78, 5) is 12.9. The van der Waals surface area contributed by atoms with Crippen molar-refractivity contribution in [2.45, 2.75) is 38.8 Å². The van der Waals surface area contributed by atoms with Crippen LogP contribution in [0.2, 0.25) is 0 Å². The van der Waals surface area contributed by atoms with Crippen molar-refractivity contribution < 1.29 is 14.6 Å². The van der Waals surface area contributed by atoms with Crippen LogP contribution in [0.3, 0.4) is 0 Å². The number of aliphatic carboxylic acids is 1. The van der Waals surface area contributed by atoms with E-state index in [2.05, 4.69) is 6.92 Å². The molecular weight excluding hydrogens is 242 g/mol. The van der Waals surface area contributed by atoms with E-state index < -0.39 is 12.0 Å². The van der Waals surface area contributed by atoms with Gasteiger partial charge in [-0.3, -0.25) is 9.69 Å². The minimum absolute atomic E-state index is 0.194.